The number of sulfonamides is 1. The largest absolute Gasteiger partial charge is 0.392 e. The van der Waals surface area contributed by atoms with Gasteiger partial charge in [-0.1, -0.05) is 25.0 Å². The molecule has 1 aromatic carbocycles. The quantitative estimate of drug-likeness (QED) is 0.906. The van der Waals surface area contributed by atoms with Gasteiger partial charge in [0, 0.05) is 13.1 Å². The number of hydrogen-bond acceptors (Lipinski definition) is 3. The number of hydrogen-bond donors (Lipinski definition) is 1. The van der Waals surface area contributed by atoms with Crippen molar-refractivity contribution in [3.05, 3.63) is 29.8 Å². The average Bonchev–Trinajstić information content (AvgIpc) is 2.91. The molecule has 0 radical (unpaired) electrons. The molecule has 0 heterocycles. The molecule has 100 valence electrons. The van der Waals surface area contributed by atoms with E-state index in [0.717, 1.165) is 25.7 Å². The predicted molar refractivity (Wildman–Crippen MR) is 69.6 cm³/mol. The van der Waals surface area contributed by atoms with E-state index in [0.29, 0.717) is 5.56 Å². The molecular weight excluding hydrogens is 250 g/mol. The fraction of sp³-hybridized carbons (Fsp3) is 0.538. The van der Waals surface area contributed by atoms with Crippen LogP contribution in [0.3, 0.4) is 0 Å². The standard InChI is InChI=1S/C13H19NO3S/c1-14(12-6-2-3-7-12)18(16,17)13-8-4-5-11(9-13)10-15/h4-5,8-9,12,15H,2-3,6-7,10H2,1H3. The summed E-state index contributed by atoms with van der Waals surface area (Å²) >= 11 is 0. The maximum atomic E-state index is 12.4. The van der Waals surface area contributed by atoms with Gasteiger partial charge in [0.1, 0.15) is 0 Å². The van der Waals surface area contributed by atoms with E-state index in [-0.39, 0.29) is 17.5 Å². The minimum absolute atomic E-state index is 0.118. The fourth-order valence-corrected chi connectivity index (χ4v) is 3.92. The van der Waals surface area contributed by atoms with Crippen LogP contribution >= 0.6 is 0 Å². The van der Waals surface area contributed by atoms with Crippen LogP contribution in [0.25, 0.3) is 0 Å². The fourth-order valence-electron chi connectivity index (χ4n) is 2.43. The highest BCUT2D eigenvalue weighted by molar-refractivity contribution is 7.89. The molecule has 1 aliphatic carbocycles. The van der Waals surface area contributed by atoms with Crippen LogP contribution in [0.1, 0.15) is 31.2 Å². The van der Waals surface area contributed by atoms with Crippen LogP contribution < -0.4 is 0 Å². The van der Waals surface area contributed by atoms with Crippen LogP contribution in [-0.4, -0.2) is 30.9 Å². The first kappa shape index (κ1) is 13.5. The molecule has 0 bridgehead atoms. The molecule has 4 nitrogen and oxygen atoms in total. The lowest BCUT2D eigenvalue weighted by Crippen LogP contribution is -2.35. The monoisotopic (exact) mass is 269 g/mol. The molecule has 5 heteroatoms. The van der Waals surface area contributed by atoms with Gasteiger partial charge in [0.05, 0.1) is 11.5 Å². The van der Waals surface area contributed by atoms with Crippen LogP contribution in [0, 0.1) is 0 Å². The molecular formula is C13H19NO3S. The second-order valence-corrected chi connectivity index (χ2v) is 6.76. The summed E-state index contributed by atoms with van der Waals surface area (Å²) in [7, 11) is -1.78. The Labute approximate surface area is 108 Å². The summed E-state index contributed by atoms with van der Waals surface area (Å²) < 4.78 is 26.3. The van der Waals surface area contributed by atoms with E-state index in [1.54, 1.807) is 31.3 Å². The van der Waals surface area contributed by atoms with E-state index in [9.17, 15) is 8.42 Å². The third-order valence-corrected chi connectivity index (χ3v) is 5.50. The van der Waals surface area contributed by atoms with Crippen molar-refractivity contribution in [2.45, 2.75) is 43.2 Å². The Kier molecular flexibility index (Phi) is 4.04. The lowest BCUT2D eigenvalue weighted by molar-refractivity contribution is 0.281. The molecule has 1 saturated carbocycles. The van der Waals surface area contributed by atoms with Gasteiger partial charge in [0.25, 0.3) is 0 Å². The van der Waals surface area contributed by atoms with Crippen LogP contribution in [0.5, 0.6) is 0 Å². The maximum absolute atomic E-state index is 12.4. The van der Waals surface area contributed by atoms with Crippen molar-refractivity contribution < 1.29 is 13.5 Å². The predicted octanol–water partition coefficient (Wildman–Crippen LogP) is 1.74. The van der Waals surface area contributed by atoms with Gasteiger partial charge in [-0.15, -0.1) is 0 Å². The third kappa shape index (κ3) is 2.58. The number of aliphatic hydroxyl groups excluding tert-OH is 1. The highest BCUT2D eigenvalue weighted by atomic mass is 32.2. The summed E-state index contributed by atoms with van der Waals surface area (Å²) in [6, 6.07) is 6.63. The summed E-state index contributed by atoms with van der Waals surface area (Å²) in [6.07, 6.45) is 4.08. The summed E-state index contributed by atoms with van der Waals surface area (Å²) in [6.45, 7) is -0.142. The normalized spacial score (nSPS) is 17.5. The van der Waals surface area contributed by atoms with Crippen molar-refractivity contribution in [2.75, 3.05) is 7.05 Å². The first-order chi connectivity index (χ1) is 8.55. The van der Waals surface area contributed by atoms with Gasteiger partial charge in [-0.2, -0.15) is 4.31 Å². The Hall–Kier alpha value is -0.910. The van der Waals surface area contributed by atoms with Crippen molar-refractivity contribution in [2.24, 2.45) is 0 Å². The first-order valence-electron chi connectivity index (χ1n) is 6.23. The van der Waals surface area contributed by atoms with Gasteiger partial charge in [0.15, 0.2) is 0 Å². The number of rotatable bonds is 4. The number of aliphatic hydroxyl groups is 1. The molecule has 0 saturated heterocycles. The van der Waals surface area contributed by atoms with Crippen molar-refractivity contribution in [3.8, 4) is 0 Å². The zero-order valence-corrected chi connectivity index (χ0v) is 11.4. The second kappa shape index (κ2) is 5.38. The van der Waals surface area contributed by atoms with Gasteiger partial charge in [-0.3, -0.25) is 0 Å². The molecule has 0 aliphatic heterocycles. The summed E-state index contributed by atoms with van der Waals surface area (Å²) in [5, 5.41) is 9.07. The van der Waals surface area contributed by atoms with Gasteiger partial charge in [0.2, 0.25) is 10.0 Å². The van der Waals surface area contributed by atoms with Crippen LogP contribution in [-0.2, 0) is 16.6 Å². The van der Waals surface area contributed by atoms with E-state index >= 15 is 0 Å². The highest BCUT2D eigenvalue weighted by Gasteiger charge is 2.29. The zero-order valence-electron chi connectivity index (χ0n) is 10.5. The summed E-state index contributed by atoms with van der Waals surface area (Å²) in [5.74, 6) is 0. The molecule has 0 atom stereocenters. The Bertz CT molecular complexity index is 507. The van der Waals surface area contributed by atoms with Crippen LogP contribution in [0.15, 0.2) is 29.2 Å². The van der Waals surface area contributed by atoms with Gasteiger partial charge < -0.3 is 5.11 Å². The maximum Gasteiger partial charge on any atom is 0.243 e. The topological polar surface area (TPSA) is 57.6 Å². The molecule has 0 spiro atoms. The Morgan fingerprint density at radius 3 is 2.61 bits per heavy atom. The van der Waals surface area contributed by atoms with Crippen molar-refractivity contribution in [1.29, 1.82) is 0 Å². The van der Waals surface area contributed by atoms with Gasteiger partial charge in [-0.25, -0.2) is 8.42 Å². The van der Waals surface area contributed by atoms with Crippen LogP contribution in [0.2, 0.25) is 0 Å². The van der Waals surface area contributed by atoms with E-state index in [1.807, 2.05) is 0 Å². The van der Waals surface area contributed by atoms with Gasteiger partial charge in [-0.05, 0) is 30.5 Å². The summed E-state index contributed by atoms with van der Waals surface area (Å²) in [4.78, 5) is 0.267. The molecule has 0 amide bonds. The second-order valence-electron chi connectivity index (χ2n) is 4.77. The van der Waals surface area contributed by atoms with Crippen molar-refractivity contribution >= 4 is 10.0 Å². The smallest absolute Gasteiger partial charge is 0.243 e. The first-order valence-corrected chi connectivity index (χ1v) is 7.67. The third-order valence-electron chi connectivity index (χ3n) is 3.60. The number of benzene rings is 1. The van der Waals surface area contributed by atoms with Crippen LogP contribution in [0.4, 0.5) is 0 Å². The van der Waals surface area contributed by atoms with Crippen molar-refractivity contribution in [3.63, 3.8) is 0 Å². The zero-order chi connectivity index (χ0) is 13.2. The molecule has 1 fully saturated rings. The van der Waals surface area contributed by atoms with E-state index in [2.05, 4.69) is 0 Å². The lowest BCUT2D eigenvalue weighted by Gasteiger charge is -2.23. The Morgan fingerprint density at radius 1 is 1.33 bits per heavy atom. The summed E-state index contributed by atoms with van der Waals surface area (Å²) in [5.41, 5.74) is 0.621. The van der Waals surface area contributed by atoms with E-state index in [1.165, 1.54) is 4.31 Å². The molecule has 0 aromatic heterocycles. The van der Waals surface area contributed by atoms with E-state index in [4.69, 9.17) is 5.11 Å². The Balaban J connectivity index is 2.28. The molecule has 0 unspecified atom stereocenters. The van der Waals surface area contributed by atoms with Gasteiger partial charge >= 0.3 is 0 Å². The SMILES string of the molecule is CN(C1CCCC1)S(=O)(=O)c1cccc(CO)c1. The molecule has 18 heavy (non-hydrogen) atoms. The lowest BCUT2D eigenvalue weighted by atomic mass is 10.2. The molecule has 1 aromatic rings. The van der Waals surface area contributed by atoms with Crippen molar-refractivity contribution in [1.82, 2.24) is 4.31 Å². The molecule has 1 N–H and O–H groups in total. The Morgan fingerprint density at radius 2 is 2.00 bits per heavy atom. The van der Waals surface area contributed by atoms with E-state index < -0.39 is 10.0 Å². The highest BCUT2D eigenvalue weighted by Crippen LogP contribution is 2.27. The average molecular weight is 269 g/mol. The minimum Gasteiger partial charge on any atom is -0.392 e. The number of nitrogens with zero attached hydrogens (tertiary/aromatic N) is 1. The molecule has 1 aliphatic rings. The molecule has 2 rings (SSSR count). The minimum atomic E-state index is -3.43.